The lowest BCUT2D eigenvalue weighted by molar-refractivity contribution is -0.118. The van der Waals surface area contributed by atoms with Crippen molar-refractivity contribution in [1.29, 1.82) is 0 Å². The highest BCUT2D eigenvalue weighted by atomic mass is 32.1. The predicted octanol–water partition coefficient (Wildman–Crippen LogP) is 2.46. The van der Waals surface area contributed by atoms with Gasteiger partial charge in [0.25, 0.3) is 5.91 Å². The molecule has 1 fully saturated rings. The van der Waals surface area contributed by atoms with Crippen LogP contribution in [0.15, 0.2) is 30.3 Å². The molecule has 120 valence electrons. The van der Waals surface area contributed by atoms with Crippen molar-refractivity contribution in [3.63, 3.8) is 0 Å². The van der Waals surface area contributed by atoms with Crippen molar-refractivity contribution >= 4 is 23.2 Å². The molecule has 1 aliphatic carbocycles. The van der Waals surface area contributed by atoms with Crippen LogP contribution in [0.1, 0.15) is 28.3 Å². The number of primary amides is 1. The average molecular weight is 329 g/mol. The van der Waals surface area contributed by atoms with Gasteiger partial charge in [0.15, 0.2) is 0 Å². The third kappa shape index (κ3) is 3.76. The molecule has 0 bridgehead atoms. The first kappa shape index (κ1) is 15.7. The smallest absolute Gasteiger partial charge is 0.274 e. The van der Waals surface area contributed by atoms with E-state index < -0.39 is 5.91 Å². The normalized spacial score (nSPS) is 13.8. The van der Waals surface area contributed by atoms with Crippen molar-refractivity contribution < 1.29 is 9.59 Å². The summed E-state index contributed by atoms with van der Waals surface area (Å²) in [4.78, 5) is 31.0. The van der Waals surface area contributed by atoms with Crippen LogP contribution in [-0.2, 0) is 4.79 Å². The number of carbonyl (C=O) groups excluding carboxylic acids is 2. The second-order valence-corrected chi connectivity index (χ2v) is 7.08. The van der Waals surface area contributed by atoms with E-state index in [0.29, 0.717) is 18.2 Å². The minimum absolute atomic E-state index is 0.0554. The van der Waals surface area contributed by atoms with E-state index in [0.717, 1.165) is 28.3 Å². The highest BCUT2D eigenvalue weighted by molar-refractivity contribution is 7.15. The van der Waals surface area contributed by atoms with E-state index in [2.05, 4.69) is 4.98 Å². The van der Waals surface area contributed by atoms with E-state index in [4.69, 9.17) is 5.73 Å². The molecule has 1 saturated carbocycles. The number of nitrogens with two attached hydrogens (primary N) is 1. The maximum absolute atomic E-state index is 12.9. The van der Waals surface area contributed by atoms with E-state index in [1.165, 1.54) is 11.3 Å². The van der Waals surface area contributed by atoms with Crippen molar-refractivity contribution in [2.45, 2.75) is 19.8 Å². The summed E-state index contributed by atoms with van der Waals surface area (Å²) >= 11 is 1.49. The van der Waals surface area contributed by atoms with Gasteiger partial charge in [0.2, 0.25) is 5.91 Å². The molecule has 2 N–H and O–H groups in total. The van der Waals surface area contributed by atoms with Crippen molar-refractivity contribution in [3.05, 3.63) is 41.0 Å². The van der Waals surface area contributed by atoms with Gasteiger partial charge >= 0.3 is 0 Å². The number of aromatic nitrogens is 1. The molecule has 6 heteroatoms. The van der Waals surface area contributed by atoms with Gasteiger partial charge < -0.3 is 10.6 Å². The van der Waals surface area contributed by atoms with Crippen molar-refractivity contribution in [2.75, 3.05) is 13.1 Å². The lowest BCUT2D eigenvalue weighted by atomic mass is 10.1. The Morgan fingerprint density at radius 2 is 2.00 bits per heavy atom. The van der Waals surface area contributed by atoms with Gasteiger partial charge in [0.1, 0.15) is 5.69 Å². The quantitative estimate of drug-likeness (QED) is 0.884. The molecular weight excluding hydrogens is 310 g/mol. The van der Waals surface area contributed by atoms with Crippen molar-refractivity contribution in [3.8, 4) is 10.4 Å². The van der Waals surface area contributed by atoms with Crippen molar-refractivity contribution in [1.82, 2.24) is 9.88 Å². The molecule has 5 nitrogen and oxygen atoms in total. The summed E-state index contributed by atoms with van der Waals surface area (Å²) in [6, 6.07) is 9.73. The lowest BCUT2D eigenvalue weighted by Gasteiger charge is -2.20. The van der Waals surface area contributed by atoms with Crippen LogP contribution in [0.25, 0.3) is 10.4 Å². The topological polar surface area (TPSA) is 76.3 Å². The molecule has 0 radical (unpaired) electrons. The Morgan fingerprint density at radius 3 is 2.61 bits per heavy atom. The SMILES string of the molecule is Cc1nc(C(=O)N(CC(N)=O)CC2CC2)c(-c2ccccc2)s1. The zero-order valence-corrected chi connectivity index (χ0v) is 13.8. The Labute approximate surface area is 139 Å². The highest BCUT2D eigenvalue weighted by Gasteiger charge is 2.30. The van der Waals surface area contributed by atoms with Gasteiger partial charge in [-0.2, -0.15) is 0 Å². The number of hydrogen-bond acceptors (Lipinski definition) is 4. The van der Waals surface area contributed by atoms with E-state index in [-0.39, 0.29) is 12.5 Å². The number of amides is 2. The van der Waals surface area contributed by atoms with Crippen LogP contribution in [0.5, 0.6) is 0 Å². The first-order valence-corrected chi connectivity index (χ1v) is 8.46. The monoisotopic (exact) mass is 329 g/mol. The summed E-state index contributed by atoms with van der Waals surface area (Å²) in [5.74, 6) is -0.218. The average Bonchev–Trinajstić information content (AvgIpc) is 3.26. The fraction of sp³-hybridized carbons (Fsp3) is 0.353. The van der Waals surface area contributed by atoms with Gasteiger partial charge in [-0.05, 0) is 31.2 Å². The third-order valence-corrected chi connectivity index (χ3v) is 4.80. The lowest BCUT2D eigenvalue weighted by Crippen LogP contribution is -2.40. The maximum Gasteiger partial charge on any atom is 0.274 e. The molecule has 23 heavy (non-hydrogen) atoms. The number of aryl methyl sites for hydroxylation is 1. The van der Waals surface area contributed by atoms with Crippen LogP contribution in [0.3, 0.4) is 0 Å². The molecule has 0 spiro atoms. The molecule has 0 aliphatic heterocycles. The molecule has 0 saturated heterocycles. The molecular formula is C17H19N3O2S. The summed E-state index contributed by atoms with van der Waals surface area (Å²) < 4.78 is 0. The summed E-state index contributed by atoms with van der Waals surface area (Å²) in [7, 11) is 0. The van der Waals surface area contributed by atoms with E-state index in [1.54, 1.807) is 4.90 Å². The fourth-order valence-electron chi connectivity index (χ4n) is 2.53. The molecule has 1 aliphatic rings. The minimum Gasteiger partial charge on any atom is -0.368 e. The minimum atomic E-state index is -0.493. The second kappa shape index (κ2) is 6.50. The number of rotatable bonds is 6. The van der Waals surface area contributed by atoms with Gasteiger partial charge in [-0.3, -0.25) is 9.59 Å². The Hall–Kier alpha value is -2.21. The van der Waals surface area contributed by atoms with Crippen LogP contribution in [0.2, 0.25) is 0 Å². The van der Waals surface area contributed by atoms with Crippen LogP contribution in [0.4, 0.5) is 0 Å². The van der Waals surface area contributed by atoms with Crippen LogP contribution in [-0.4, -0.2) is 34.8 Å². The van der Waals surface area contributed by atoms with Crippen molar-refractivity contribution in [2.24, 2.45) is 11.7 Å². The molecule has 3 rings (SSSR count). The number of benzene rings is 1. The molecule has 2 amide bonds. The fourth-order valence-corrected chi connectivity index (χ4v) is 3.44. The van der Waals surface area contributed by atoms with Crippen LogP contribution in [0, 0.1) is 12.8 Å². The van der Waals surface area contributed by atoms with E-state index in [1.807, 2.05) is 37.3 Å². The first-order chi connectivity index (χ1) is 11.0. The largest absolute Gasteiger partial charge is 0.368 e. The Morgan fingerprint density at radius 1 is 1.30 bits per heavy atom. The van der Waals surface area contributed by atoms with Crippen LogP contribution >= 0.6 is 11.3 Å². The number of carbonyl (C=O) groups is 2. The second-order valence-electron chi connectivity index (χ2n) is 5.87. The predicted molar refractivity (Wildman–Crippen MR) is 90.1 cm³/mol. The number of thiazole rings is 1. The summed E-state index contributed by atoms with van der Waals surface area (Å²) in [6.07, 6.45) is 2.20. The first-order valence-electron chi connectivity index (χ1n) is 7.65. The van der Waals surface area contributed by atoms with E-state index in [9.17, 15) is 9.59 Å². The van der Waals surface area contributed by atoms with Gasteiger partial charge in [-0.1, -0.05) is 30.3 Å². The molecule has 0 atom stereocenters. The summed E-state index contributed by atoms with van der Waals surface area (Å²) in [5.41, 5.74) is 6.69. The van der Waals surface area contributed by atoms with Gasteiger partial charge in [-0.25, -0.2) is 4.98 Å². The molecule has 1 heterocycles. The third-order valence-electron chi connectivity index (χ3n) is 3.78. The van der Waals surface area contributed by atoms with E-state index >= 15 is 0 Å². The van der Waals surface area contributed by atoms with Crippen LogP contribution < -0.4 is 5.73 Å². The number of hydrogen-bond donors (Lipinski definition) is 1. The highest BCUT2D eigenvalue weighted by Crippen LogP contribution is 2.33. The zero-order chi connectivity index (χ0) is 16.4. The standard InChI is InChI=1S/C17H19N3O2S/c1-11-19-15(16(23-11)13-5-3-2-4-6-13)17(22)20(10-14(18)21)9-12-7-8-12/h2-6,12H,7-10H2,1H3,(H2,18,21). The molecule has 0 unspecified atom stereocenters. The van der Waals surface area contributed by atoms with Gasteiger partial charge in [-0.15, -0.1) is 11.3 Å². The Kier molecular flexibility index (Phi) is 4.43. The van der Waals surface area contributed by atoms with Gasteiger partial charge in [0, 0.05) is 6.54 Å². The Balaban J connectivity index is 1.92. The molecule has 1 aromatic heterocycles. The number of nitrogens with zero attached hydrogens (tertiary/aromatic N) is 2. The summed E-state index contributed by atoms with van der Waals surface area (Å²) in [6.45, 7) is 2.40. The Bertz CT molecular complexity index is 723. The molecule has 1 aromatic carbocycles. The zero-order valence-electron chi connectivity index (χ0n) is 13.0. The summed E-state index contributed by atoms with van der Waals surface area (Å²) in [5, 5.41) is 0.831. The van der Waals surface area contributed by atoms with Gasteiger partial charge in [0.05, 0.1) is 16.4 Å². The molecule has 2 aromatic rings. The maximum atomic E-state index is 12.9.